The number of hydrogen-bond donors (Lipinski definition) is 1. The molecule has 0 aliphatic carbocycles. The zero-order valence-electron chi connectivity index (χ0n) is 11.2. The zero-order valence-corrected chi connectivity index (χ0v) is 11.2. The Morgan fingerprint density at radius 1 is 1.44 bits per heavy atom. The van der Waals surface area contributed by atoms with Gasteiger partial charge in [-0.3, -0.25) is 0 Å². The molecule has 1 saturated heterocycles. The minimum Gasteiger partial charge on any atom is -0.393 e. The molecule has 0 aromatic heterocycles. The van der Waals surface area contributed by atoms with Gasteiger partial charge in [0.15, 0.2) is 0 Å². The molecule has 3 heteroatoms. The van der Waals surface area contributed by atoms with Gasteiger partial charge in [0.2, 0.25) is 0 Å². The van der Waals surface area contributed by atoms with Gasteiger partial charge >= 0.3 is 0 Å². The molecule has 16 heavy (non-hydrogen) atoms. The predicted octanol–water partition coefficient (Wildman–Crippen LogP) is 1.56. The van der Waals surface area contributed by atoms with Crippen molar-refractivity contribution in [3.8, 4) is 0 Å². The Bertz CT molecular complexity index is 185. The zero-order chi connectivity index (χ0) is 12.0. The SMILES string of the molecule is CCC(O)CCCN1CCCC(N(C)C)C1. The quantitative estimate of drug-likeness (QED) is 0.747. The van der Waals surface area contributed by atoms with Crippen molar-refractivity contribution in [2.45, 2.75) is 51.2 Å². The lowest BCUT2D eigenvalue weighted by Gasteiger charge is -2.36. The molecular weight excluding hydrogens is 200 g/mol. The van der Waals surface area contributed by atoms with Gasteiger partial charge < -0.3 is 14.9 Å². The highest BCUT2D eigenvalue weighted by atomic mass is 16.3. The molecule has 0 bridgehead atoms. The minimum absolute atomic E-state index is 0.0885. The third-order valence-corrected chi connectivity index (χ3v) is 3.69. The average Bonchev–Trinajstić information content (AvgIpc) is 2.29. The van der Waals surface area contributed by atoms with E-state index >= 15 is 0 Å². The summed E-state index contributed by atoms with van der Waals surface area (Å²) in [7, 11) is 4.35. The van der Waals surface area contributed by atoms with E-state index in [9.17, 15) is 5.11 Å². The normalized spacial score (nSPS) is 24.9. The van der Waals surface area contributed by atoms with Crippen molar-refractivity contribution in [3.63, 3.8) is 0 Å². The summed E-state index contributed by atoms with van der Waals surface area (Å²) < 4.78 is 0. The molecule has 1 rings (SSSR count). The second-order valence-electron chi connectivity index (χ2n) is 5.26. The summed E-state index contributed by atoms with van der Waals surface area (Å²) in [6.07, 6.45) is 5.55. The summed E-state index contributed by atoms with van der Waals surface area (Å²) in [6.45, 7) is 5.65. The highest BCUT2D eigenvalue weighted by Gasteiger charge is 2.20. The molecule has 0 spiro atoms. The van der Waals surface area contributed by atoms with Crippen LogP contribution < -0.4 is 0 Å². The first-order valence-electron chi connectivity index (χ1n) is 6.70. The molecule has 1 aliphatic heterocycles. The van der Waals surface area contributed by atoms with Crippen LogP contribution in [0.4, 0.5) is 0 Å². The largest absolute Gasteiger partial charge is 0.393 e. The van der Waals surface area contributed by atoms with E-state index in [4.69, 9.17) is 0 Å². The molecule has 1 fully saturated rings. The topological polar surface area (TPSA) is 26.7 Å². The van der Waals surface area contributed by atoms with Crippen LogP contribution in [0, 0.1) is 0 Å². The number of likely N-dealkylation sites (N-methyl/N-ethyl adjacent to an activating group) is 1. The van der Waals surface area contributed by atoms with Crippen molar-refractivity contribution in [1.82, 2.24) is 9.80 Å². The number of nitrogens with zero attached hydrogens (tertiary/aromatic N) is 2. The van der Waals surface area contributed by atoms with Gasteiger partial charge in [-0.05, 0) is 59.3 Å². The summed E-state index contributed by atoms with van der Waals surface area (Å²) in [6, 6.07) is 0.727. The number of piperidine rings is 1. The molecular formula is C13H28N2O. The summed E-state index contributed by atoms with van der Waals surface area (Å²) in [5, 5.41) is 9.50. The Morgan fingerprint density at radius 2 is 2.19 bits per heavy atom. The van der Waals surface area contributed by atoms with E-state index in [1.54, 1.807) is 0 Å². The highest BCUT2D eigenvalue weighted by molar-refractivity contribution is 4.77. The lowest BCUT2D eigenvalue weighted by Crippen LogP contribution is -2.45. The fourth-order valence-corrected chi connectivity index (χ4v) is 2.41. The summed E-state index contributed by atoms with van der Waals surface area (Å²) in [4.78, 5) is 4.89. The van der Waals surface area contributed by atoms with Gasteiger partial charge in [0.05, 0.1) is 6.10 Å². The first kappa shape index (κ1) is 13.9. The van der Waals surface area contributed by atoms with E-state index in [1.165, 1.54) is 25.9 Å². The maximum absolute atomic E-state index is 9.50. The molecule has 1 N–H and O–H groups in total. The van der Waals surface area contributed by atoms with Crippen LogP contribution in [0.5, 0.6) is 0 Å². The van der Waals surface area contributed by atoms with Crippen LogP contribution in [0.3, 0.4) is 0 Å². The predicted molar refractivity (Wildman–Crippen MR) is 68.7 cm³/mol. The lowest BCUT2D eigenvalue weighted by atomic mass is 10.0. The van der Waals surface area contributed by atoms with E-state index in [-0.39, 0.29) is 6.10 Å². The Morgan fingerprint density at radius 3 is 2.81 bits per heavy atom. The molecule has 0 radical (unpaired) electrons. The van der Waals surface area contributed by atoms with Gasteiger partial charge in [0.1, 0.15) is 0 Å². The first-order valence-corrected chi connectivity index (χ1v) is 6.70. The maximum atomic E-state index is 9.50. The van der Waals surface area contributed by atoms with Gasteiger partial charge in [-0.1, -0.05) is 6.92 Å². The van der Waals surface area contributed by atoms with Crippen LogP contribution in [-0.2, 0) is 0 Å². The van der Waals surface area contributed by atoms with Crippen LogP contribution >= 0.6 is 0 Å². The molecule has 0 saturated carbocycles. The van der Waals surface area contributed by atoms with Gasteiger partial charge in [-0.25, -0.2) is 0 Å². The lowest BCUT2D eigenvalue weighted by molar-refractivity contribution is 0.117. The highest BCUT2D eigenvalue weighted by Crippen LogP contribution is 2.14. The molecule has 3 nitrogen and oxygen atoms in total. The fraction of sp³-hybridized carbons (Fsp3) is 1.00. The first-order chi connectivity index (χ1) is 7.63. The van der Waals surface area contributed by atoms with Gasteiger partial charge in [-0.2, -0.15) is 0 Å². The Kier molecular flexibility index (Phi) is 6.32. The Balaban J connectivity index is 2.17. The number of likely N-dealkylation sites (tertiary alicyclic amines) is 1. The molecule has 0 aromatic rings. The average molecular weight is 228 g/mol. The van der Waals surface area contributed by atoms with Crippen LogP contribution in [0.1, 0.15) is 39.0 Å². The Hall–Kier alpha value is -0.120. The van der Waals surface area contributed by atoms with Crippen molar-refractivity contribution < 1.29 is 5.11 Å². The number of hydrogen-bond acceptors (Lipinski definition) is 3. The van der Waals surface area contributed by atoms with Gasteiger partial charge in [0.25, 0.3) is 0 Å². The van der Waals surface area contributed by atoms with E-state index in [0.29, 0.717) is 0 Å². The second-order valence-corrected chi connectivity index (χ2v) is 5.26. The van der Waals surface area contributed by atoms with Gasteiger partial charge in [-0.15, -0.1) is 0 Å². The maximum Gasteiger partial charge on any atom is 0.0538 e. The van der Waals surface area contributed by atoms with Gasteiger partial charge in [0, 0.05) is 12.6 Å². The summed E-state index contributed by atoms with van der Waals surface area (Å²) in [5.41, 5.74) is 0. The van der Waals surface area contributed by atoms with Crippen molar-refractivity contribution >= 4 is 0 Å². The number of rotatable bonds is 6. The molecule has 96 valence electrons. The van der Waals surface area contributed by atoms with Crippen molar-refractivity contribution in [3.05, 3.63) is 0 Å². The number of aliphatic hydroxyl groups excluding tert-OH is 1. The van der Waals surface area contributed by atoms with Crippen LogP contribution in [0.25, 0.3) is 0 Å². The fourth-order valence-electron chi connectivity index (χ4n) is 2.41. The van der Waals surface area contributed by atoms with Crippen molar-refractivity contribution in [2.24, 2.45) is 0 Å². The van der Waals surface area contributed by atoms with Crippen molar-refractivity contribution in [1.29, 1.82) is 0 Å². The summed E-state index contributed by atoms with van der Waals surface area (Å²) >= 11 is 0. The van der Waals surface area contributed by atoms with Crippen LogP contribution in [0.15, 0.2) is 0 Å². The summed E-state index contributed by atoms with van der Waals surface area (Å²) in [5.74, 6) is 0. The molecule has 2 unspecified atom stereocenters. The third kappa shape index (κ3) is 4.81. The molecule has 0 amide bonds. The Labute approximate surface area is 100 Å². The monoisotopic (exact) mass is 228 g/mol. The minimum atomic E-state index is -0.0885. The van der Waals surface area contributed by atoms with Crippen LogP contribution in [-0.4, -0.2) is 60.8 Å². The van der Waals surface area contributed by atoms with E-state index in [0.717, 1.165) is 31.8 Å². The molecule has 1 heterocycles. The van der Waals surface area contributed by atoms with E-state index in [2.05, 4.69) is 23.9 Å². The standard InChI is InChI=1S/C13H28N2O/c1-4-13(16)8-6-10-15-9-5-7-12(11-15)14(2)3/h12-13,16H,4-11H2,1-3H3. The van der Waals surface area contributed by atoms with Crippen LogP contribution in [0.2, 0.25) is 0 Å². The molecule has 1 aliphatic rings. The number of aliphatic hydroxyl groups is 1. The molecule has 2 atom stereocenters. The van der Waals surface area contributed by atoms with E-state index in [1.807, 2.05) is 6.92 Å². The molecule has 0 aromatic carbocycles. The smallest absolute Gasteiger partial charge is 0.0538 e. The third-order valence-electron chi connectivity index (χ3n) is 3.69. The second kappa shape index (κ2) is 7.25. The van der Waals surface area contributed by atoms with E-state index < -0.39 is 0 Å². The van der Waals surface area contributed by atoms with Crippen molar-refractivity contribution in [2.75, 3.05) is 33.7 Å².